The lowest BCUT2D eigenvalue weighted by Gasteiger charge is -2.24. The van der Waals surface area contributed by atoms with Gasteiger partial charge in [-0.1, -0.05) is 15.9 Å². The van der Waals surface area contributed by atoms with Crippen molar-refractivity contribution < 1.29 is 9.13 Å². The lowest BCUT2D eigenvalue weighted by molar-refractivity contribution is 0.0768. The van der Waals surface area contributed by atoms with Crippen LogP contribution in [0.5, 0.6) is 0 Å². The number of hydrogen-bond donors (Lipinski definition) is 1. The molecule has 0 radical (unpaired) electrons. The second-order valence-electron chi connectivity index (χ2n) is 3.28. The number of halogens is 2. The summed E-state index contributed by atoms with van der Waals surface area (Å²) in [6, 6.07) is 5.01. The summed E-state index contributed by atoms with van der Waals surface area (Å²) in [7, 11) is 0. The molecule has 1 aromatic carbocycles. The average molecular weight is 260 g/mol. The Morgan fingerprint density at radius 3 is 2.93 bits per heavy atom. The number of rotatable bonds is 1. The van der Waals surface area contributed by atoms with Crippen LogP contribution in [-0.2, 0) is 4.74 Å². The SMILES string of the molecule is Fc1cc(Br)cc([C@@H]2COCCN2)c1. The van der Waals surface area contributed by atoms with Gasteiger partial charge in [0.2, 0.25) is 0 Å². The van der Waals surface area contributed by atoms with Gasteiger partial charge in [-0.2, -0.15) is 0 Å². The van der Waals surface area contributed by atoms with Gasteiger partial charge in [0.25, 0.3) is 0 Å². The fourth-order valence-corrected chi connectivity index (χ4v) is 2.04. The van der Waals surface area contributed by atoms with Gasteiger partial charge in [-0.15, -0.1) is 0 Å². The molecule has 0 amide bonds. The molecule has 0 saturated carbocycles. The normalized spacial score (nSPS) is 22.3. The van der Waals surface area contributed by atoms with Crippen molar-refractivity contribution >= 4 is 15.9 Å². The fourth-order valence-electron chi connectivity index (χ4n) is 1.56. The Hall–Kier alpha value is -0.450. The van der Waals surface area contributed by atoms with Crippen molar-refractivity contribution in [3.05, 3.63) is 34.1 Å². The second-order valence-corrected chi connectivity index (χ2v) is 4.20. The van der Waals surface area contributed by atoms with E-state index in [1.807, 2.05) is 6.07 Å². The van der Waals surface area contributed by atoms with Crippen molar-refractivity contribution in [3.8, 4) is 0 Å². The van der Waals surface area contributed by atoms with Crippen molar-refractivity contribution in [1.29, 1.82) is 0 Å². The van der Waals surface area contributed by atoms with E-state index in [9.17, 15) is 4.39 Å². The Morgan fingerprint density at radius 1 is 1.43 bits per heavy atom. The zero-order valence-electron chi connectivity index (χ0n) is 7.59. The van der Waals surface area contributed by atoms with E-state index in [0.717, 1.165) is 23.2 Å². The Bertz CT molecular complexity index is 306. The quantitative estimate of drug-likeness (QED) is 0.836. The molecule has 0 spiro atoms. The summed E-state index contributed by atoms with van der Waals surface area (Å²) < 4.78 is 19.2. The lowest BCUT2D eigenvalue weighted by atomic mass is 10.1. The Labute approximate surface area is 90.6 Å². The summed E-state index contributed by atoms with van der Waals surface area (Å²) in [5, 5.41) is 3.28. The van der Waals surface area contributed by atoms with Crippen LogP contribution in [0, 0.1) is 5.82 Å². The molecule has 76 valence electrons. The van der Waals surface area contributed by atoms with Gasteiger partial charge in [-0.05, 0) is 23.8 Å². The molecule has 4 heteroatoms. The highest BCUT2D eigenvalue weighted by molar-refractivity contribution is 9.10. The maximum Gasteiger partial charge on any atom is 0.124 e. The second kappa shape index (κ2) is 4.38. The molecule has 1 saturated heterocycles. The summed E-state index contributed by atoms with van der Waals surface area (Å²) in [5.41, 5.74) is 0.927. The molecule has 1 aromatic rings. The van der Waals surface area contributed by atoms with Gasteiger partial charge >= 0.3 is 0 Å². The van der Waals surface area contributed by atoms with Crippen molar-refractivity contribution in [2.45, 2.75) is 6.04 Å². The average Bonchev–Trinajstić information content (AvgIpc) is 2.18. The monoisotopic (exact) mass is 259 g/mol. The van der Waals surface area contributed by atoms with Crippen LogP contribution in [0.4, 0.5) is 4.39 Å². The van der Waals surface area contributed by atoms with Gasteiger partial charge in [0.05, 0.1) is 19.3 Å². The molecule has 0 unspecified atom stereocenters. The maximum atomic E-state index is 13.1. The van der Waals surface area contributed by atoms with E-state index in [1.165, 1.54) is 12.1 Å². The number of morpholine rings is 1. The van der Waals surface area contributed by atoms with Gasteiger partial charge in [0, 0.05) is 11.0 Å². The highest BCUT2D eigenvalue weighted by Crippen LogP contribution is 2.21. The van der Waals surface area contributed by atoms with E-state index in [4.69, 9.17) is 4.74 Å². The van der Waals surface area contributed by atoms with E-state index < -0.39 is 0 Å². The summed E-state index contributed by atoms with van der Waals surface area (Å²) in [6.07, 6.45) is 0. The predicted octanol–water partition coefficient (Wildman–Crippen LogP) is 2.25. The summed E-state index contributed by atoms with van der Waals surface area (Å²) in [4.78, 5) is 0. The van der Waals surface area contributed by atoms with Crippen LogP contribution < -0.4 is 5.32 Å². The first kappa shape index (κ1) is 10.1. The third-order valence-corrected chi connectivity index (χ3v) is 2.67. The predicted molar refractivity (Wildman–Crippen MR) is 55.7 cm³/mol. The first-order chi connectivity index (χ1) is 6.75. The molecule has 0 aliphatic carbocycles. The molecule has 2 nitrogen and oxygen atoms in total. The Balaban J connectivity index is 2.21. The van der Waals surface area contributed by atoms with Crippen LogP contribution in [0.15, 0.2) is 22.7 Å². The Kier molecular flexibility index (Phi) is 3.15. The molecule has 14 heavy (non-hydrogen) atoms. The smallest absolute Gasteiger partial charge is 0.124 e. The molecule has 2 rings (SSSR count). The van der Waals surface area contributed by atoms with Crippen LogP contribution in [-0.4, -0.2) is 19.8 Å². The van der Waals surface area contributed by atoms with E-state index in [2.05, 4.69) is 21.2 Å². The molecule has 1 aliphatic rings. The minimum Gasteiger partial charge on any atom is -0.378 e. The van der Waals surface area contributed by atoms with Crippen molar-refractivity contribution in [3.63, 3.8) is 0 Å². The first-order valence-electron chi connectivity index (χ1n) is 4.53. The molecule has 0 aromatic heterocycles. The standard InChI is InChI=1S/C10H11BrFNO/c11-8-3-7(4-9(12)5-8)10-6-14-2-1-13-10/h3-5,10,13H,1-2,6H2/t10-/m0/s1. The molecular weight excluding hydrogens is 249 g/mol. The van der Waals surface area contributed by atoms with Crippen LogP contribution in [0.3, 0.4) is 0 Å². The van der Waals surface area contributed by atoms with Crippen LogP contribution >= 0.6 is 15.9 Å². The van der Waals surface area contributed by atoms with Crippen molar-refractivity contribution in [1.82, 2.24) is 5.32 Å². The maximum absolute atomic E-state index is 13.1. The molecule has 1 atom stereocenters. The number of ether oxygens (including phenoxy) is 1. The molecule has 1 heterocycles. The van der Waals surface area contributed by atoms with Crippen molar-refractivity contribution in [2.75, 3.05) is 19.8 Å². The molecular formula is C10H11BrFNO. The zero-order valence-corrected chi connectivity index (χ0v) is 9.18. The van der Waals surface area contributed by atoms with Crippen LogP contribution in [0.1, 0.15) is 11.6 Å². The topological polar surface area (TPSA) is 21.3 Å². The van der Waals surface area contributed by atoms with Gasteiger partial charge in [-0.25, -0.2) is 4.39 Å². The van der Waals surface area contributed by atoms with Gasteiger partial charge in [-0.3, -0.25) is 0 Å². The van der Waals surface area contributed by atoms with E-state index in [0.29, 0.717) is 6.61 Å². The summed E-state index contributed by atoms with van der Waals surface area (Å²) in [6.45, 7) is 2.15. The third kappa shape index (κ3) is 2.32. The minimum absolute atomic E-state index is 0.107. The Morgan fingerprint density at radius 2 is 2.29 bits per heavy atom. The van der Waals surface area contributed by atoms with Gasteiger partial charge < -0.3 is 10.1 Å². The summed E-state index contributed by atoms with van der Waals surface area (Å²) in [5.74, 6) is -0.221. The zero-order chi connectivity index (χ0) is 9.97. The van der Waals surface area contributed by atoms with Gasteiger partial charge in [0.15, 0.2) is 0 Å². The fraction of sp³-hybridized carbons (Fsp3) is 0.400. The van der Waals surface area contributed by atoms with Crippen molar-refractivity contribution in [2.24, 2.45) is 0 Å². The van der Waals surface area contributed by atoms with Gasteiger partial charge in [0.1, 0.15) is 5.82 Å². The minimum atomic E-state index is -0.221. The highest BCUT2D eigenvalue weighted by atomic mass is 79.9. The third-order valence-electron chi connectivity index (χ3n) is 2.21. The summed E-state index contributed by atoms with van der Waals surface area (Å²) >= 11 is 3.27. The lowest BCUT2D eigenvalue weighted by Crippen LogP contribution is -2.34. The van der Waals surface area contributed by atoms with E-state index >= 15 is 0 Å². The molecule has 1 aliphatic heterocycles. The number of nitrogens with one attached hydrogen (secondary N) is 1. The molecule has 0 bridgehead atoms. The van der Waals surface area contributed by atoms with Crippen LogP contribution in [0.2, 0.25) is 0 Å². The number of benzene rings is 1. The number of hydrogen-bond acceptors (Lipinski definition) is 2. The van der Waals surface area contributed by atoms with E-state index in [1.54, 1.807) is 0 Å². The molecule has 1 N–H and O–H groups in total. The van der Waals surface area contributed by atoms with Crippen LogP contribution in [0.25, 0.3) is 0 Å². The highest BCUT2D eigenvalue weighted by Gasteiger charge is 2.15. The van der Waals surface area contributed by atoms with E-state index in [-0.39, 0.29) is 11.9 Å². The first-order valence-corrected chi connectivity index (χ1v) is 5.32. The largest absolute Gasteiger partial charge is 0.378 e. The molecule has 1 fully saturated rings.